The Morgan fingerprint density at radius 2 is 1.83 bits per heavy atom. The van der Waals surface area contributed by atoms with Crippen LogP contribution in [0.3, 0.4) is 0 Å². The number of nitrogens with one attached hydrogen (secondary N) is 1. The molecule has 0 saturated carbocycles. The van der Waals surface area contributed by atoms with Crippen LogP contribution in [0.25, 0.3) is 16.6 Å². The van der Waals surface area contributed by atoms with Crippen molar-refractivity contribution in [3.63, 3.8) is 0 Å². The Balaban J connectivity index is 1.51. The Labute approximate surface area is 166 Å². The standard InChI is InChI=1S/C21H20N6O2/c1-14-13-15(2)27(24-14)19-10-6-5-9-18(19)22-20(28)11-12-26-21(29)16-7-3-4-8-17(16)23-25-26/h3-10,13H,11-12H2,1-2H3,(H,22,28). The van der Waals surface area contributed by atoms with Crippen molar-refractivity contribution in [2.24, 2.45) is 0 Å². The zero-order valence-electron chi connectivity index (χ0n) is 16.2. The molecular weight excluding hydrogens is 368 g/mol. The van der Waals surface area contributed by atoms with Gasteiger partial charge in [0.25, 0.3) is 5.56 Å². The highest BCUT2D eigenvalue weighted by Gasteiger charge is 2.12. The summed E-state index contributed by atoms with van der Waals surface area (Å²) in [4.78, 5) is 25.0. The number of nitrogens with zero attached hydrogens (tertiary/aromatic N) is 5. The SMILES string of the molecule is Cc1cc(C)n(-c2ccccc2NC(=O)CCn2nnc3ccccc3c2=O)n1. The van der Waals surface area contributed by atoms with Crippen molar-refractivity contribution in [3.8, 4) is 5.69 Å². The summed E-state index contributed by atoms with van der Waals surface area (Å²) in [5.41, 5.74) is 3.60. The van der Waals surface area contributed by atoms with E-state index < -0.39 is 0 Å². The molecule has 0 atom stereocenters. The van der Waals surface area contributed by atoms with Crippen molar-refractivity contribution in [1.82, 2.24) is 24.8 Å². The van der Waals surface area contributed by atoms with Crippen LogP contribution in [0.5, 0.6) is 0 Å². The molecule has 1 amide bonds. The van der Waals surface area contributed by atoms with Crippen LogP contribution in [0.2, 0.25) is 0 Å². The van der Waals surface area contributed by atoms with E-state index in [0.29, 0.717) is 16.6 Å². The Morgan fingerprint density at radius 1 is 1.07 bits per heavy atom. The van der Waals surface area contributed by atoms with Gasteiger partial charge in [-0.2, -0.15) is 5.10 Å². The van der Waals surface area contributed by atoms with Gasteiger partial charge in [-0.1, -0.05) is 29.5 Å². The Hall–Kier alpha value is -3.81. The minimum Gasteiger partial charge on any atom is -0.324 e. The molecule has 0 aliphatic rings. The van der Waals surface area contributed by atoms with Crippen LogP contribution >= 0.6 is 0 Å². The van der Waals surface area contributed by atoms with Crippen LogP contribution in [-0.2, 0) is 11.3 Å². The molecule has 0 fully saturated rings. The number of rotatable bonds is 5. The van der Waals surface area contributed by atoms with Gasteiger partial charge in [-0.05, 0) is 44.2 Å². The second kappa shape index (κ2) is 7.67. The van der Waals surface area contributed by atoms with Gasteiger partial charge in [0, 0.05) is 12.1 Å². The van der Waals surface area contributed by atoms with Gasteiger partial charge in [0.1, 0.15) is 5.52 Å². The number of hydrogen-bond acceptors (Lipinski definition) is 5. The Bertz CT molecular complexity index is 1260. The van der Waals surface area contributed by atoms with E-state index in [1.165, 1.54) is 4.68 Å². The van der Waals surface area contributed by atoms with E-state index in [4.69, 9.17) is 0 Å². The summed E-state index contributed by atoms with van der Waals surface area (Å²) in [6, 6.07) is 16.5. The van der Waals surface area contributed by atoms with Crippen molar-refractivity contribution < 1.29 is 4.79 Å². The largest absolute Gasteiger partial charge is 0.324 e. The summed E-state index contributed by atoms with van der Waals surface area (Å²) in [6.45, 7) is 4.03. The lowest BCUT2D eigenvalue weighted by atomic mass is 10.2. The topological polar surface area (TPSA) is 94.7 Å². The van der Waals surface area contributed by atoms with Gasteiger partial charge >= 0.3 is 0 Å². The summed E-state index contributed by atoms with van der Waals surface area (Å²) in [5, 5.41) is 15.8. The summed E-state index contributed by atoms with van der Waals surface area (Å²) in [7, 11) is 0. The van der Waals surface area contributed by atoms with E-state index >= 15 is 0 Å². The molecule has 29 heavy (non-hydrogen) atoms. The number of aryl methyl sites for hydroxylation is 3. The Kier molecular flexibility index (Phi) is 4.90. The van der Waals surface area contributed by atoms with Crippen LogP contribution in [0, 0.1) is 13.8 Å². The predicted octanol–water partition coefficient (Wildman–Crippen LogP) is 2.62. The first kappa shape index (κ1) is 18.5. The average Bonchev–Trinajstić information content (AvgIpc) is 3.06. The van der Waals surface area contributed by atoms with Crippen LogP contribution in [-0.4, -0.2) is 30.7 Å². The molecule has 2 aromatic heterocycles. The second-order valence-electron chi connectivity index (χ2n) is 6.79. The van der Waals surface area contributed by atoms with E-state index in [0.717, 1.165) is 17.1 Å². The number of carbonyl (C=O) groups excluding carboxylic acids is 1. The fourth-order valence-corrected chi connectivity index (χ4v) is 3.23. The van der Waals surface area contributed by atoms with E-state index in [2.05, 4.69) is 20.7 Å². The maximum atomic E-state index is 12.5. The molecule has 2 heterocycles. The average molecular weight is 388 g/mol. The zero-order chi connectivity index (χ0) is 20.4. The highest BCUT2D eigenvalue weighted by Crippen LogP contribution is 2.21. The summed E-state index contributed by atoms with van der Waals surface area (Å²) < 4.78 is 3.01. The lowest BCUT2D eigenvalue weighted by molar-refractivity contribution is -0.116. The summed E-state index contributed by atoms with van der Waals surface area (Å²) in [6.07, 6.45) is 0.0956. The van der Waals surface area contributed by atoms with Gasteiger partial charge in [0.2, 0.25) is 5.91 Å². The third-order valence-electron chi connectivity index (χ3n) is 4.60. The van der Waals surface area contributed by atoms with Gasteiger partial charge in [0.05, 0.1) is 29.0 Å². The quantitative estimate of drug-likeness (QED) is 0.567. The van der Waals surface area contributed by atoms with Crippen molar-refractivity contribution in [3.05, 3.63) is 76.3 Å². The van der Waals surface area contributed by atoms with Crippen LogP contribution in [0.1, 0.15) is 17.8 Å². The molecule has 146 valence electrons. The maximum Gasteiger partial charge on any atom is 0.277 e. The molecule has 2 aromatic carbocycles. The number of anilines is 1. The van der Waals surface area contributed by atoms with Crippen LogP contribution in [0.15, 0.2) is 59.4 Å². The molecule has 0 aliphatic carbocycles. The molecule has 0 bridgehead atoms. The van der Waals surface area contributed by atoms with Gasteiger partial charge in [0.15, 0.2) is 0 Å². The van der Waals surface area contributed by atoms with Crippen molar-refractivity contribution in [2.45, 2.75) is 26.8 Å². The number of fused-ring (bicyclic) bond motifs is 1. The molecule has 8 nitrogen and oxygen atoms in total. The van der Waals surface area contributed by atoms with E-state index in [9.17, 15) is 9.59 Å². The van der Waals surface area contributed by atoms with Crippen molar-refractivity contribution >= 4 is 22.5 Å². The number of para-hydroxylation sites is 2. The monoisotopic (exact) mass is 388 g/mol. The molecule has 0 aliphatic heterocycles. The number of aromatic nitrogens is 5. The maximum absolute atomic E-state index is 12.5. The molecule has 4 rings (SSSR count). The van der Waals surface area contributed by atoms with Gasteiger partial charge < -0.3 is 5.32 Å². The molecule has 0 unspecified atom stereocenters. The van der Waals surface area contributed by atoms with Crippen LogP contribution in [0.4, 0.5) is 5.69 Å². The smallest absolute Gasteiger partial charge is 0.277 e. The highest BCUT2D eigenvalue weighted by molar-refractivity contribution is 5.92. The highest BCUT2D eigenvalue weighted by atomic mass is 16.2. The molecule has 4 aromatic rings. The number of benzene rings is 2. The van der Waals surface area contributed by atoms with Gasteiger partial charge in [-0.3, -0.25) is 9.59 Å². The second-order valence-corrected chi connectivity index (χ2v) is 6.79. The minimum absolute atomic E-state index is 0.0956. The van der Waals surface area contributed by atoms with E-state index in [1.807, 2.05) is 44.2 Å². The lowest BCUT2D eigenvalue weighted by Crippen LogP contribution is -2.26. The number of hydrogen-bond donors (Lipinski definition) is 1. The fourth-order valence-electron chi connectivity index (χ4n) is 3.23. The molecular formula is C21H20N6O2. The first-order valence-electron chi connectivity index (χ1n) is 9.28. The fraction of sp³-hybridized carbons (Fsp3) is 0.190. The van der Waals surface area contributed by atoms with E-state index in [-0.39, 0.29) is 24.4 Å². The van der Waals surface area contributed by atoms with Gasteiger partial charge in [-0.15, -0.1) is 5.10 Å². The van der Waals surface area contributed by atoms with E-state index in [1.54, 1.807) is 28.9 Å². The Morgan fingerprint density at radius 3 is 2.62 bits per heavy atom. The van der Waals surface area contributed by atoms with Crippen LogP contribution < -0.4 is 10.9 Å². The predicted molar refractivity (Wildman–Crippen MR) is 110 cm³/mol. The number of carbonyl (C=O) groups is 1. The third-order valence-corrected chi connectivity index (χ3v) is 4.60. The van der Waals surface area contributed by atoms with Crippen molar-refractivity contribution in [2.75, 3.05) is 5.32 Å². The first-order chi connectivity index (χ1) is 14.0. The zero-order valence-corrected chi connectivity index (χ0v) is 16.2. The van der Waals surface area contributed by atoms with Gasteiger partial charge in [-0.25, -0.2) is 9.36 Å². The number of amides is 1. The first-order valence-corrected chi connectivity index (χ1v) is 9.28. The molecule has 8 heteroatoms. The third kappa shape index (κ3) is 3.77. The summed E-state index contributed by atoms with van der Waals surface area (Å²) >= 11 is 0. The normalized spacial score (nSPS) is 11.0. The lowest BCUT2D eigenvalue weighted by Gasteiger charge is -2.12. The molecule has 1 N–H and O–H groups in total. The van der Waals surface area contributed by atoms with Crippen molar-refractivity contribution in [1.29, 1.82) is 0 Å². The molecule has 0 saturated heterocycles. The minimum atomic E-state index is -0.258. The summed E-state index contributed by atoms with van der Waals surface area (Å²) in [5.74, 6) is -0.221. The molecule has 0 radical (unpaired) electrons. The molecule has 0 spiro atoms.